The molecule has 5 heteroatoms. The number of carbonyl (C=O) groups is 1. The van der Waals surface area contributed by atoms with Crippen LogP contribution >= 0.6 is 0 Å². The van der Waals surface area contributed by atoms with E-state index in [1.54, 1.807) is 25.3 Å². The van der Waals surface area contributed by atoms with Gasteiger partial charge in [-0.2, -0.15) is 0 Å². The van der Waals surface area contributed by atoms with E-state index < -0.39 is 0 Å². The molecule has 1 atom stereocenters. The number of piperazine rings is 1. The van der Waals surface area contributed by atoms with Gasteiger partial charge in [0, 0.05) is 43.1 Å². The molecule has 0 bridgehead atoms. The molecule has 3 rings (SSSR count). The number of rotatable bonds is 5. The maximum absolute atomic E-state index is 13.2. The second-order valence-corrected chi connectivity index (χ2v) is 7.63. The number of aromatic nitrogens is 2. The molecule has 2 aromatic heterocycles. The summed E-state index contributed by atoms with van der Waals surface area (Å²) in [6.07, 6.45) is 2.81. The van der Waals surface area contributed by atoms with Crippen molar-refractivity contribution in [1.29, 1.82) is 0 Å². The molecule has 3 heterocycles. The first kappa shape index (κ1) is 20.0. The Hall–Kier alpha value is -2.71. The van der Waals surface area contributed by atoms with E-state index in [0.717, 1.165) is 31.9 Å². The van der Waals surface area contributed by atoms with Crippen molar-refractivity contribution in [3.05, 3.63) is 53.0 Å². The largest absolute Gasteiger partial charge is 0.354 e. The molecule has 0 unspecified atom stereocenters. The van der Waals surface area contributed by atoms with Crippen LogP contribution in [0.1, 0.15) is 54.5 Å². The summed E-state index contributed by atoms with van der Waals surface area (Å²) in [4.78, 5) is 24.5. The van der Waals surface area contributed by atoms with Gasteiger partial charge >= 0.3 is 0 Å². The van der Waals surface area contributed by atoms with Gasteiger partial charge in [-0.25, -0.2) is 4.98 Å². The van der Waals surface area contributed by atoms with Gasteiger partial charge in [0.05, 0.1) is 5.56 Å². The lowest BCUT2D eigenvalue weighted by atomic mass is 10.0. The van der Waals surface area contributed by atoms with E-state index >= 15 is 0 Å². The fourth-order valence-corrected chi connectivity index (χ4v) is 3.65. The predicted molar refractivity (Wildman–Crippen MR) is 113 cm³/mol. The summed E-state index contributed by atoms with van der Waals surface area (Å²) in [5.41, 5.74) is 2.34. The molecule has 146 valence electrons. The zero-order valence-corrected chi connectivity index (χ0v) is 17.1. The highest BCUT2D eigenvalue weighted by Gasteiger charge is 2.23. The van der Waals surface area contributed by atoms with Crippen molar-refractivity contribution in [3.8, 4) is 11.8 Å². The number of hydrogen-bond donors (Lipinski definition) is 1. The summed E-state index contributed by atoms with van der Waals surface area (Å²) in [6.45, 7) is 10.8. The quantitative estimate of drug-likeness (QED) is 0.641. The molecule has 0 saturated carbocycles. The summed E-state index contributed by atoms with van der Waals surface area (Å²) in [6, 6.07) is 7.90. The minimum absolute atomic E-state index is 0.126. The Morgan fingerprint density at radius 3 is 2.89 bits per heavy atom. The molecule has 0 amide bonds. The van der Waals surface area contributed by atoms with Crippen LogP contribution in [0.3, 0.4) is 0 Å². The number of aryl methyl sites for hydroxylation is 1. The first-order chi connectivity index (χ1) is 13.5. The standard InChI is InChI=1S/C23H28N4O/c1-5-7-18-9-10-21(27-13-12-25-19(15-27)14-16(2)3)26-22(18)23(28)20-8-6-11-24-17(20)4/h6,8-11,16,19,25H,12-15H2,1-4H3/t19-/m0/s1. The molecular formula is C23H28N4O. The van der Waals surface area contributed by atoms with Crippen LogP contribution in [0.2, 0.25) is 0 Å². The average molecular weight is 377 g/mol. The summed E-state index contributed by atoms with van der Waals surface area (Å²) < 4.78 is 0. The summed E-state index contributed by atoms with van der Waals surface area (Å²) in [7, 11) is 0. The van der Waals surface area contributed by atoms with Crippen LogP contribution in [0.4, 0.5) is 5.82 Å². The molecule has 28 heavy (non-hydrogen) atoms. The molecule has 0 aliphatic carbocycles. The van der Waals surface area contributed by atoms with Crippen LogP contribution in [0.5, 0.6) is 0 Å². The Bertz CT molecular complexity index is 910. The van der Waals surface area contributed by atoms with Gasteiger partial charge in [0.2, 0.25) is 5.78 Å². The van der Waals surface area contributed by atoms with Gasteiger partial charge in [-0.05, 0) is 50.5 Å². The Balaban J connectivity index is 1.94. The van der Waals surface area contributed by atoms with Crippen LogP contribution in [0.15, 0.2) is 30.5 Å². The van der Waals surface area contributed by atoms with Crippen LogP contribution in [0, 0.1) is 24.7 Å². The van der Waals surface area contributed by atoms with Gasteiger partial charge in [0.25, 0.3) is 0 Å². The molecule has 1 fully saturated rings. The topological polar surface area (TPSA) is 58.1 Å². The third kappa shape index (κ3) is 4.58. The molecule has 1 aliphatic heterocycles. The molecule has 2 aromatic rings. The Kier molecular flexibility index (Phi) is 6.43. The fourth-order valence-electron chi connectivity index (χ4n) is 3.65. The summed E-state index contributed by atoms with van der Waals surface area (Å²) in [5.74, 6) is 7.26. The van der Waals surface area contributed by atoms with Crippen molar-refractivity contribution in [3.63, 3.8) is 0 Å². The smallest absolute Gasteiger partial charge is 0.214 e. The minimum atomic E-state index is -0.126. The highest BCUT2D eigenvalue weighted by molar-refractivity contribution is 6.10. The molecule has 0 aromatic carbocycles. The van der Waals surface area contributed by atoms with Crippen molar-refractivity contribution in [1.82, 2.24) is 15.3 Å². The molecule has 0 radical (unpaired) electrons. The first-order valence-corrected chi connectivity index (χ1v) is 9.88. The molecule has 1 N–H and O–H groups in total. The lowest BCUT2D eigenvalue weighted by Gasteiger charge is -2.35. The number of anilines is 1. The minimum Gasteiger partial charge on any atom is -0.354 e. The molecule has 0 spiro atoms. The third-order valence-corrected chi connectivity index (χ3v) is 4.94. The SMILES string of the molecule is CC#Cc1ccc(N2CCN[C@@H](CC(C)C)C2)nc1C(=O)c1cccnc1C. The number of hydrogen-bond acceptors (Lipinski definition) is 5. The van der Waals surface area contributed by atoms with Crippen LogP contribution < -0.4 is 10.2 Å². The molecule has 5 nitrogen and oxygen atoms in total. The van der Waals surface area contributed by atoms with Gasteiger partial charge < -0.3 is 10.2 Å². The second kappa shape index (κ2) is 8.99. The van der Waals surface area contributed by atoms with Crippen molar-refractivity contribution in [2.24, 2.45) is 5.92 Å². The number of carbonyl (C=O) groups excluding carboxylic acids is 1. The Morgan fingerprint density at radius 2 is 2.18 bits per heavy atom. The first-order valence-electron chi connectivity index (χ1n) is 9.88. The predicted octanol–water partition coefficient (Wildman–Crippen LogP) is 3.21. The van der Waals surface area contributed by atoms with Gasteiger partial charge in [-0.1, -0.05) is 19.8 Å². The van der Waals surface area contributed by atoms with Crippen LogP contribution in [-0.4, -0.2) is 41.4 Å². The maximum Gasteiger partial charge on any atom is 0.214 e. The lowest BCUT2D eigenvalue weighted by molar-refractivity contribution is 0.103. The van der Waals surface area contributed by atoms with E-state index in [9.17, 15) is 4.79 Å². The Labute approximate surface area is 167 Å². The van der Waals surface area contributed by atoms with Crippen molar-refractivity contribution < 1.29 is 4.79 Å². The monoisotopic (exact) mass is 376 g/mol. The molecule has 1 aliphatic rings. The van der Waals surface area contributed by atoms with Gasteiger partial charge in [0.15, 0.2) is 0 Å². The van der Waals surface area contributed by atoms with Crippen LogP contribution in [0.25, 0.3) is 0 Å². The van der Waals surface area contributed by atoms with Crippen LogP contribution in [-0.2, 0) is 0 Å². The number of pyridine rings is 2. The Morgan fingerprint density at radius 1 is 1.36 bits per heavy atom. The zero-order valence-electron chi connectivity index (χ0n) is 17.1. The summed E-state index contributed by atoms with van der Waals surface area (Å²) in [5, 5.41) is 3.59. The summed E-state index contributed by atoms with van der Waals surface area (Å²) >= 11 is 0. The molecular weight excluding hydrogens is 348 g/mol. The van der Waals surface area contributed by atoms with Gasteiger partial charge in [-0.15, -0.1) is 5.92 Å². The van der Waals surface area contributed by atoms with Crippen molar-refractivity contribution >= 4 is 11.6 Å². The zero-order chi connectivity index (χ0) is 20.1. The van der Waals surface area contributed by atoms with Gasteiger partial charge in [0.1, 0.15) is 11.5 Å². The van der Waals surface area contributed by atoms with E-state index in [2.05, 4.69) is 40.9 Å². The maximum atomic E-state index is 13.2. The fraction of sp³-hybridized carbons (Fsp3) is 0.435. The van der Waals surface area contributed by atoms with E-state index in [-0.39, 0.29) is 5.78 Å². The molecule has 1 saturated heterocycles. The lowest BCUT2D eigenvalue weighted by Crippen LogP contribution is -2.51. The van der Waals surface area contributed by atoms with Crippen molar-refractivity contribution in [2.45, 2.75) is 40.2 Å². The normalized spacial score (nSPS) is 16.6. The van der Waals surface area contributed by atoms with E-state index in [0.29, 0.717) is 34.5 Å². The highest BCUT2D eigenvalue weighted by atomic mass is 16.1. The van der Waals surface area contributed by atoms with E-state index in [1.807, 2.05) is 19.1 Å². The second-order valence-electron chi connectivity index (χ2n) is 7.63. The van der Waals surface area contributed by atoms with E-state index in [4.69, 9.17) is 4.98 Å². The number of ketones is 1. The van der Waals surface area contributed by atoms with Crippen molar-refractivity contribution in [2.75, 3.05) is 24.5 Å². The average Bonchev–Trinajstić information content (AvgIpc) is 2.68. The van der Waals surface area contributed by atoms with E-state index in [1.165, 1.54) is 0 Å². The van der Waals surface area contributed by atoms with Gasteiger partial charge in [-0.3, -0.25) is 9.78 Å². The highest BCUT2D eigenvalue weighted by Crippen LogP contribution is 2.21. The third-order valence-electron chi connectivity index (χ3n) is 4.94. The number of nitrogens with one attached hydrogen (secondary N) is 1. The number of nitrogens with zero attached hydrogens (tertiary/aromatic N) is 3.